The average molecular weight is 579 g/mol. The number of hydrogen-bond donors (Lipinski definition) is 2. The number of methoxy groups -OCH3 is 1. The summed E-state index contributed by atoms with van der Waals surface area (Å²) in [5.41, 5.74) is -0.597. The van der Waals surface area contributed by atoms with Crippen molar-refractivity contribution in [2.45, 2.75) is 63.6 Å². The Kier molecular flexibility index (Phi) is 12.5. The minimum absolute atomic E-state index is 0.0357. The summed E-state index contributed by atoms with van der Waals surface area (Å²) in [5.74, 6) is -1.13. The van der Waals surface area contributed by atoms with Gasteiger partial charge in [0, 0.05) is 44.7 Å². The summed E-state index contributed by atoms with van der Waals surface area (Å²) in [7, 11) is 3.34. The number of para-hydroxylation sites is 2. The molecule has 1 heterocycles. The van der Waals surface area contributed by atoms with Gasteiger partial charge in [0.1, 0.15) is 11.5 Å². The first kappa shape index (κ1) is 32.9. The molecule has 1 unspecified atom stereocenters. The van der Waals surface area contributed by atoms with Gasteiger partial charge in [0.05, 0.1) is 11.5 Å². The van der Waals surface area contributed by atoms with Gasteiger partial charge in [0.2, 0.25) is 5.91 Å². The second-order valence-corrected chi connectivity index (χ2v) is 11.3. The predicted octanol–water partition coefficient (Wildman–Crippen LogP) is 6.54. The molecule has 0 radical (unpaired) electrons. The second-order valence-electron chi connectivity index (χ2n) is 11.3. The predicted molar refractivity (Wildman–Crippen MR) is 154 cm³/mol. The van der Waals surface area contributed by atoms with Crippen molar-refractivity contribution in [2.75, 3.05) is 40.4 Å². The van der Waals surface area contributed by atoms with Crippen LogP contribution in [-0.4, -0.2) is 62.5 Å². The van der Waals surface area contributed by atoms with Gasteiger partial charge in [-0.3, -0.25) is 4.79 Å². The van der Waals surface area contributed by atoms with Crippen LogP contribution in [0.2, 0.25) is 0 Å². The van der Waals surface area contributed by atoms with Crippen LogP contribution in [-0.2, 0) is 15.1 Å². The van der Waals surface area contributed by atoms with Crippen LogP contribution in [0.3, 0.4) is 0 Å². The van der Waals surface area contributed by atoms with Crippen molar-refractivity contribution in [3.8, 4) is 11.5 Å². The fourth-order valence-electron chi connectivity index (χ4n) is 5.86. The smallest absolute Gasteiger partial charge is 0.391 e. The third-order valence-electron chi connectivity index (χ3n) is 8.13. The molecule has 0 bridgehead atoms. The number of alkyl halides is 3. The highest BCUT2D eigenvalue weighted by Gasteiger charge is 2.43. The number of benzene rings is 2. The van der Waals surface area contributed by atoms with E-state index in [9.17, 15) is 23.1 Å². The molecule has 0 aromatic heterocycles. The lowest BCUT2D eigenvalue weighted by Gasteiger charge is -2.43. The lowest BCUT2D eigenvalue weighted by atomic mass is 9.73. The first-order valence-corrected chi connectivity index (χ1v) is 14.6. The SMILES string of the molecule is CNC[C@@H](CC(=O)N1CCC[C@@H]([C@@](O)(CCCCOC)c2ccccc2Oc2ccccc2)C1)CC(C)C(F)(F)F. The summed E-state index contributed by atoms with van der Waals surface area (Å²) in [6, 6.07) is 16.9. The number of hydrogen-bond acceptors (Lipinski definition) is 5. The fraction of sp³-hybridized carbons (Fsp3) is 0.594. The fourth-order valence-corrected chi connectivity index (χ4v) is 5.86. The second kappa shape index (κ2) is 15.6. The summed E-state index contributed by atoms with van der Waals surface area (Å²) in [4.78, 5) is 15.2. The molecule has 3 rings (SSSR count). The van der Waals surface area contributed by atoms with E-state index in [1.54, 1.807) is 19.1 Å². The molecule has 1 aliphatic rings. The number of carbonyl (C=O) groups excluding carboxylic acids is 1. The third kappa shape index (κ3) is 9.45. The maximum atomic E-state index is 13.4. The van der Waals surface area contributed by atoms with Gasteiger partial charge in [-0.05, 0) is 76.2 Å². The number of rotatable bonds is 15. The van der Waals surface area contributed by atoms with Gasteiger partial charge >= 0.3 is 6.18 Å². The number of unbranched alkanes of at least 4 members (excludes halogenated alkanes) is 1. The molecule has 9 heteroatoms. The van der Waals surface area contributed by atoms with E-state index >= 15 is 0 Å². The van der Waals surface area contributed by atoms with E-state index in [2.05, 4.69) is 5.32 Å². The van der Waals surface area contributed by atoms with Crippen molar-refractivity contribution in [2.24, 2.45) is 17.8 Å². The van der Waals surface area contributed by atoms with Crippen LogP contribution in [0, 0.1) is 17.8 Å². The molecule has 2 N–H and O–H groups in total. The van der Waals surface area contributed by atoms with Gasteiger partial charge in [-0.15, -0.1) is 0 Å². The summed E-state index contributed by atoms with van der Waals surface area (Å²) in [5, 5.41) is 15.4. The third-order valence-corrected chi connectivity index (χ3v) is 8.13. The molecule has 4 atom stereocenters. The van der Waals surface area contributed by atoms with Gasteiger partial charge in [0.15, 0.2) is 0 Å². The zero-order valence-corrected chi connectivity index (χ0v) is 24.5. The largest absolute Gasteiger partial charge is 0.457 e. The zero-order chi connectivity index (χ0) is 29.9. The van der Waals surface area contributed by atoms with Gasteiger partial charge < -0.3 is 24.8 Å². The molecule has 1 aliphatic heterocycles. The number of aliphatic hydroxyl groups is 1. The van der Waals surface area contributed by atoms with E-state index in [4.69, 9.17) is 9.47 Å². The van der Waals surface area contributed by atoms with Gasteiger partial charge in [-0.25, -0.2) is 0 Å². The summed E-state index contributed by atoms with van der Waals surface area (Å²) in [6.45, 7) is 2.94. The van der Waals surface area contributed by atoms with Crippen LogP contribution in [0.15, 0.2) is 54.6 Å². The van der Waals surface area contributed by atoms with E-state index < -0.39 is 23.6 Å². The molecule has 1 fully saturated rings. The lowest BCUT2D eigenvalue weighted by molar-refractivity contribution is -0.174. The van der Waals surface area contributed by atoms with Crippen LogP contribution in [0.1, 0.15) is 57.4 Å². The molecule has 41 heavy (non-hydrogen) atoms. The van der Waals surface area contributed by atoms with E-state index in [1.165, 1.54) is 6.92 Å². The number of likely N-dealkylation sites (tertiary alicyclic amines) is 1. The lowest BCUT2D eigenvalue weighted by Crippen LogP contribution is -2.48. The highest BCUT2D eigenvalue weighted by molar-refractivity contribution is 5.76. The minimum Gasteiger partial charge on any atom is -0.457 e. The van der Waals surface area contributed by atoms with Gasteiger partial charge in [-0.2, -0.15) is 13.2 Å². The molecule has 1 amide bonds. The minimum atomic E-state index is -4.29. The molecule has 0 aliphatic carbocycles. The molecule has 2 aromatic rings. The Balaban J connectivity index is 1.83. The van der Waals surface area contributed by atoms with Crippen LogP contribution in [0.5, 0.6) is 11.5 Å². The number of halogens is 3. The molecule has 1 saturated heterocycles. The molecule has 228 valence electrons. The van der Waals surface area contributed by atoms with Crippen molar-refractivity contribution in [1.29, 1.82) is 0 Å². The summed E-state index contributed by atoms with van der Waals surface area (Å²) < 4.78 is 51.2. The summed E-state index contributed by atoms with van der Waals surface area (Å²) in [6.07, 6.45) is -0.991. The number of nitrogens with one attached hydrogen (secondary N) is 1. The van der Waals surface area contributed by atoms with Crippen molar-refractivity contribution in [3.63, 3.8) is 0 Å². The molecule has 6 nitrogen and oxygen atoms in total. The van der Waals surface area contributed by atoms with E-state index in [0.29, 0.717) is 62.6 Å². The van der Waals surface area contributed by atoms with Crippen molar-refractivity contribution in [3.05, 3.63) is 60.2 Å². The Bertz CT molecular complexity index is 1070. The maximum Gasteiger partial charge on any atom is 0.391 e. The first-order valence-electron chi connectivity index (χ1n) is 14.6. The zero-order valence-electron chi connectivity index (χ0n) is 24.5. The van der Waals surface area contributed by atoms with Crippen LogP contribution < -0.4 is 10.1 Å². The molecular formula is C32H45F3N2O4. The molecule has 2 aromatic carbocycles. The number of carbonyl (C=O) groups is 1. The Morgan fingerprint density at radius 3 is 2.51 bits per heavy atom. The van der Waals surface area contributed by atoms with E-state index in [1.807, 2.05) is 54.6 Å². The highest BCUT2D eigenvalue weighted by atomic mass is 19.4. The number of nitrogens with zero attached hydrogens (tertiary/aromatic N) is 1. The number of ether oxygens (including phenoxy) is 2. The Hall–Kier alpha value is -2.62. The van der Waals surface area contributed by atoms with E-state index in [-0.39, 0.29) is 24.7 Å². The van der Waals surface area contributed by atoms with E-state index in [0.717, 1.165) is 12.8 Å². The number of piperidine rings is 1. The van der Waals surface area contributed by atoms with Crippen molar-refractivity contribution < 1.29 is 32.5 Å². The van der Waals surface area contributed by atoms with Crippen LogP contribution in [0.4, 0.5) is 13.2 Å². The Morgan fingerprint density at radius 1 is 1.12 bits per heavy atom. The monoisotopic (exact) mass is 578 g/mol. The highest BCUT2D eigenvalue weighted by Crippen LogP contribution is 2.44. The molecular weight excluding hydrogens is 533 g/mol. The normalized spacial score (nSPS) is 18.9. The number of amides is 1. The average Bonchev–Trinajstić information content (AvgIpc) is 2.95. The first-order chi connectivity index (χ1) is 19.6. The Morgan fingerprint density at radius 2 is 1.83 bits per heavy atom. The van der Waals surface area contributed by atoms with Crippen molar-refractivity contribution in [1.82, 2.24) is 10.2 Å². The molecule has 0 saturated carbocycles. The standard InChI is InChI=1S/C32H45F3N2O4/c1-24(32(33,34)35)20-25(22-36-2)21-30(38)37-18-11-12-26(23-37)31(39,17-9-10-19-40-3)28-15-7-8-16-29(28)41-27-13-5-4-6-14-27/h4-8,13-16,24-26,36,39H,9-12,17-23H2,1-3H3/t24?,25-,26-,31+/m1/s1. The van der Waals surface area contributed by atoms with Crippen molar-refractivity contribution >= 4 is 5.91 Å². The molecule has 0 spiro atoms. The van der Waals surface area contributed by atoms with Crippen LogP contribution in [0.25, 0.3) is 0 Å². The maximum absolute atomic E-state index is 13.4. The quantitative estimate of drug-likeness (QED) is 0.235. The van der Waals surface area contributed by atoms with Gasteiger partial charge in [0.25, 0.3) is 0 Å². The van der Waals surface area contributed by atoms with Gasteiger partial charge in [-0.1, -0.05) is 43.3 Å². The van der Waals surface area contributed by atoms with Crippen LogP contribution >= 0.6 is 0 Å². The topological polar surface area (TPSA) is 71.0 Å². The Labute approximate surface area is 242 Å². The summed E-state index contributed by atoms with van der Waals surface area (Å²) >= 11 is 0.